The Morgan fingerprint density at radius 1 is 1.06 bits per heavy atom. The van der Waals surface area contributed by atoms with Crippen molar-refractivity contribution in [2.45, 2.75) is 37.8 Å². The van der Waals surface area contributed by atoms with Crippen LogP contribution in [0.2, 0.25) is 0 Å². The summed E-state index contributed by atoms with van der Waals surface area (Å²) in [5.74, 6) is -1.98. The maximum atomic E-state index is 10.6. The minimum atomic E-state index is -0.990. The van der Waals surface area contributed by atoms with Crippen molar-refractivity contribution in [1.29, 1.82) is 0 Å². The number of rotatable bonds is 5. The molecule has 0 saturated heterocycles. The van der Waals surface area contributed by atoms with Gasteiger partial charge < -0.3 is 15.9 Å². The lowest BCUT2D eigenvalue weighted by Gasteiger charge is -2.34. The Kier molecular flexibility index (Phi) is 4.70. The summed E-state index contributed by atoms with van der Waals surface area (Å²) in [7, 11) is 0. The van der Waals surface area contributed by atoms with E-state index in [-0.39, 0.29) is 25.2 Å². The van der Waals surface area contributed by atoms with Crippen LogP contribution in [0.4, 0.5) is 0 Å². The number of aliphatic carboxylic acids is 2. The Labute approximate surface area is 94.0 Å². The predicted octanol–water partition coefficient (Wildman–Crippen LogP) is -0.272. The van der Waals surface area contributed by atoms with Crippen LogP contribution in [0.25, 0.3) is 0 Å². The third-order valence-electron chi connectivity index (χ3n) is 2.93. The minimum Gasteiger partial charge on any atom is -0.480 e. The molecule has 1 saturated carbocycles. The molecule has 1 fully saturated rings. The smallest absolute Gasteiger partial charge is 0.317 e. The second kappa shape index (κ2) is 5.81. The lowest BCUT2D eigenvalue weighted by atomic mass is 9.90. The Balaban J connectivity index is 2.53. The second-order valence-electron chi connectivity index (χ2n) is 4.26. The number of nitrogens with zero attached hydrogens (tertiary/aromatic N) is 1. The minimum absolute atomic E-state index is 0.0343. The van der Waals surface area contributed by atoms with Crippen LogP contribution in [0.5, 0.6) is 0 Å². The van der Waals surface area contributed by atoms with Gasteiger partial charge in [-0.05, 0) is 25.7 Å². The fraction of sp³-hybridized carbons (Fsp3) is 0.800. The van der Waals surface area contributed by atoms with Gasteiger partial charge in [0.1, 0.15) is 0 Å². The molecule has 6 heteroatoms. The zero-order valence-corrected chi connectivity index (χ0v) is 9.13. The van der Waals surface area contributed by atoms with E-state index in [9.17, 15) is 9.59 Å². The average molecular weight is 230 g/mol. The topological polar surface area (TPSA) is 104 Å². The van der Waals surface area contributed by atoms with Crippen LogP contribution >= 0.6 is 0 Å². The van der Waals surface area contributed by atoms with E-state index >= 15 is 0 Å². The molecule has 0 amide bonds. The molecular formula is C10H18N2O4. The number of hydrogen-bond acceptors (Lipinski definition) is 4. The molecule has 0 radical (unpaired) electrons. The number of hydrogen-bond donors (Lipinski definition) is 3. The molecule has 1 rings (SSSR count). The summed E-state index contributed by atoms with van der Waals surface area (Å²) in [4.78, 5) is 22.8. The maximum Gasteiger partial charge on any atom is 0.317 e. The van der Waals surface area contributed by atoms with Gasteiger partial charge in [0, 0.05) is 12.1 Å². The van der Waals surface area contributed by atoms with Gasteiger partial charge in [-0.3, -0.25) is 14.5 Å². The number of carboxylic acids is 2. The lowest BCUT2D eigenvalue weighted by Crippen LogP contribution is -2.45. The third-order valence-corrected chi connectivity index (χ3v) is 2.93. The lowest BCUT2D eigenvalue weighted by molar-refractivity contribution is -0.143. The van der Waals surface area contributed by atoms with Crippen LogP contribution in [0.1, 0.15) is 25.7 Å². The average Bonchev–Trinajstić information content (AvgIpc) is 2.16. The highest BCUT2D eigenvalue weighted by molar-refractivity contribution is 5.72. The molecule has 6 nitrogen and oxygen atoms in total. The van der Waals surface area contributed by atoms with Crippen molar-refractivity contribution in [1.82, 2.24) is 4.90 Å². The van der Waals surface area contributed by atoms with Gasteiger partial charge in [0.25, 0.3) is 0 Å². The summed E-state index contributed by atoms with van der Waals surface area (Å²) in [5, 5.41) is 17.4. The Morgan fingerprint density at radius 3 is 1.88 bits per heavy atom. The van der Waals surface area contributed by atoms with E-state index < -0.39 is 11.9 Å². The number of carbonyl (C=O) groups is 2. The van der Waals surface area contributed by atoms with E-state index in [4.69, 9.17) is 15.9 Å². The molecule has 16 heavy (non-hydrogen) atoms. The Hall–Kier alpha value is -1.14. The van der Waals surface area contributed by atoms with Crippen LogP contribution in [-0.2, 0) is 9.59 Å². The van der Waals surface area contributed by atoms with Gasteiger partial charge in [0.15, 0.2) is 0 Å². The van der Waals surface area contributed by atoms with Gasteiger partial charge in [0.05, 0.1) is 13.1 Å². The predicted molar refractivity (Wildman–Crippen MR) is 57.1 cm³/mol. The SMILES string of the molecule is NC1CCC(N(CC(=O)O)CC(=O)O)CC1. The van der Waals surface area contributed by atoms with Crippen LogP contribution in [0, 0.1) is 0 Å². The van der Waals surface area contributed by atoms with Crippen LogP contribution < -0.4 is 5.73 Å². The molecule has 0 bridgehead atoms. The number of carboxylic acid groups (broad SMARTS) is 2. The van der Waals surface area contributed by atoms with Crippen LogP contribution in [-0.4, -0.2) is 52.2 Å². The van der Waals surface area contributed by atoms with E-state index in [1.54, 1.807) is 0 Å². The van der Waals surface area contributed by atoms with E-state index in [2.05, 4.69) is 0 Å². The van der Waals surface area contributed by atoms with Crippen molar-refractivity contribution in [2.24, 2.45) is 5.73 Å². The van der Waals surface area contributed by atoms with Crippen molar-refractivity contribution in [3.8, 4) is 0 Å². The van der Waals surface area contributed by atoms with E-state index in [1.807, 2.05) is 0 Å². The fourth-order valence-corrected chi connectivity index (χ4v) is 2.13. The van der Waals surface area contributed by atoms with Gasteiger partial charge in [-0.15, -0.1) is 0 Å². The normalized spacial score (nSPS) is 25.6. The van der Waals surface area contributed by atoms with E-state index in [1.165, 1.54) is 4.90 Å². The summed E-state index contributed by atoms with van der Waals surface area (Å²) in [6.45, 7) is -0.432. The standard InChI is InChI=1S/C10H18N2O4/c11-7-1-3-8(4-2-7)12(5-9(13)14)6-10(15)16/h7-8H,1-6,11H2,(H,13,14)(H,15,16). The maximum absolute atomic E-state index is 10.6. The van der Waals surface area contributed by atoms with Gasteiger partial charge in [-0.1, -0.05) is 0 Å². The van der Waals surface area contributed by atoms with Crippen LogP contribution in [0.3, 0.4) is 0 Å². The fourth-order valence-electron chi connectivity index (χ4n) is 2.13. The monoisotopic (exact) mass is 230 g/mol. The quantitative estimate of drug-likeness (QED) is 0.600. The summed E-state index contributed by atoms with van der Waals surface area (Å²) in [5.41, 5.74) is 5.75. The number of nitrogens with two attached hydrogens (primary N) is 1. The summed E-state index contributed by atoms with van der Waals surface area (Å²) >= 11 is 0. The highest BCUT2D eigenvalue weighted by Crippen LogP contribution is 2.21. The first-order valence-electron chi connectivity index (χ1n) is 5.42. The molecule has 0 spiro atoms. The third kappa shape index (κ3) is 4.16. The van der Waals surface area contributed by atoms with Gasteiger partial charge >= 0.3 is 11.9 Å². The van der Waals surface area contributed by atoms with Crippen molar-refractivity contribution in [3.63, 3.8) is 0 Å². The largest absolute Gasteiger partial charge is 0.480 e. The zero-order valence-electron chi connectivity index (χ0n) is 9.13. The molecule has 1 aliphatic rings. The van der Waals surface area contributed by atoms with E-state index in [0.29, 0.717) is 0 Å². The highest BCUT2D eigenvalue weighted by Gasteiger charge is 2.26. The molecule has 0 aromatic heterocycles. The first-order valence-corrected chi connectivity index (χ1v) is 5.42. The summed E-state index contributed by atoms with van der Waals surface area (Å²) in [6.07, 6.45) is 3.23. The summed E-state index contributed by atoms with van der Waals surface area (Å²) < 4.78 is 0. The van der Waals surface area contributed by atoms with Crippen molar-refractivity contribution >= 4 is 11.9 Å². The first-order chi connectivity index (χ1) is 7.49. The molecule has 0 aliphatic heterocycles. The van der Waals surface area contributed by atoms with Crippen molar-refractivity contribution < 1.29 is 19.8 Å². The van der Waals surface area contributed by atoms with Gasteiger partial charge in [-0.2, -0.15) is 0 Å². The molecule has 0 aromatic rings. The van der Waals surface area contributed by atoms with Gasteiger partial charge in [0.2, 0.25) is 0 Å². The van der Waals surface area contributed by atoms with E-state index in [0.717, 1.165) is 25.7 Å². The molecule has 4 N–H and O–H groups in total. The second-order valence-corrected chi connectivity index (χ2v) is 4.26. The summed E-state index contributed by atoms with van der Waals surface area (Å²) in [6, 6.07) is 0.208. The molecule has 0 aromatic carbocycles. The Morgan fingerprint density at radius 2 is 1.50 bits per heavy atom. The van der Waals surface area contributed by atoms with Crippen molar-refractivity contribution in [2.75, 3.05) is 13.1 Å². The molecule has 0 heterocycles. The highest BCUT2D eigenvalue weighted by atomic mass is 16.4. The molecule has 1 aliphatic carbocycles. The molecule has 0 unspecified atom stereocenters. The Bertz CT molecular complexity index is 246. The van der Waals surface area contributed by atoms with Crippen LogP contribution in [0.15, 0.2) is 0 Å². The molecule has 92 valence electrons. The van der Waals surface area contributed by atoms with Gasteiger partial charge in [-0.25, -0.2) is 0 Å². The first kappa shape index (κ1) is 12.9. The molecule has 0 atom stereocenters. The van der Waals surface area contributed by atoms with Crippen molar-refractivity contribution in [3.05, 3.63) is 0 Å². The molecular weight excluding hydrogens is 212 g/mol. The zero-order chi connectivity index (χ0) is 12.1.